The molecule has 1 N–H and O–H groups in total. The fourth-order valence-corrected chi connectivity index (χ4v) is 5.38. The normalized spacial score (nSPS) is 11.7. The maximum atomic E-state index is 13.6. The average Bonchev–Trinajstić information content (AvgIpc) is 3.11. The van der Waals surface area contributed by atoms with Crippen molar-refractivity contribution >= 4 is 38.5 Å². The van der Waals surface area contributed by atoms with Crippen molar-refractivity contribution in [3.63, 3.8) is 0 Å². The second-order valence-electron chi connectivity index (χ2n) is 7.50. The van der Waals surface area contributed by atoms with Gasteiger partial charge in [0.15, 0.2) is 0 Å². The van der Waals surface area contributed by atoms with E-state index >= 15 is 0 Å². The third kappa shape index (κ3) is 4.13. The van der Waals surface area contributed by atoms with Crippen LogP contribution in [0.15, 0.2) is 71.8 Å². The highest BCUT2D eigenvalue weighted by Crippen LogP contribution is 2.31. The van der Waals surface area contributed by atoms with Gasteiger partial charge in [-0.05, 0) is 78.1 Å². The third-order valence-corrected chi connectivity index (χ3v) is 7.22. The van der Waals surface area contributed by atoms with Gasteiger partial charge in [0, 0.05) is 23.0 Å². The van der Waals surface area contributed by atoms with Crippen LogP contribution >= 0.6 is 11.6 Å². The molecule has 0 bridgehead atoms. The van der Waals surface area contributed by atoms with E-state index in [-0.39, 0.29) is 23.6 Å². The first kappa shape index (κ1) is 22.0. The van der Waals surface area contributed by atoms with Crippen LogP contribution in [-0.2, 0) is 21.2 Å². The average molecular weight is 472 g/mol. The van der Waals surface area contributed by atoms with Gasteiger partial charge in [-0.25, -0.2) is 16.8 Å². The summed E-state index contributed by atoms with van der Waals surface area (Å²) in [5.41, 5.74) is 3.07. The van der Waals surface area contributed by atoms with Crippen LogP contribution in [0.2, 0.25) is 5.02 Å². The highest BCUT2D eigenvalue weighted by Gasteiger charge is 2.22. The lowest BCUT2D eigenvalue weighted by Crippen LogP contribution is -2.12. The summed E-state index contributed by atoms with van der Waals surface area (Å²) in [6.45, 7) is 1.76. The molecular weight excluding hydrogens is 453 g/mol. The molecule has 4 aromatic rings. The number of rotatable bonds is 6. The summed E-state index contributed by atoms with van der Waals surface area (Å²) in [6, 6.07) is 15.6. The zero-order valence-electron chi connectivity index (χ0n) is 17.0. The van der Waals surface area contributed by atoms with E-state index in [0.29, 0.717) is 32.6 Å². The first-order valence-corrected chi connectivity index (χ1v) is 11.6. The molecule has 0 amide bonds. The third-order valence-electron chi connectivity index (χ3n) is 5.31. The maximum absolute atomic E-state index is 13.6. The number of hydrogen-bond acceptors (Lipinski definition) is 3. The summed E-state index contributed by atoms with van der Waals surface area (Å²) in [5.74, 6) is -1.33. The Morgan fingerprint density at radius 1 is 1.09 bits per heavy atom. The van der Waals surface area contributed by atoms with E-state index in [1.807, 2.05) is 0 Å². The molecule has 1 aromatic heterocycles. The van der Waals surface area contributed by atoms with Gasteiger partial charge in [0.25, 0.3) is 10.0 Å². The highest BCUT2D eigenvalue weighted by atomic mass is 35.5. The van der Waals surface area contributed by atoms with Gasteiger partial charge in [0.2, 0.25) is 0 Å². The van der Waals surface area contributed by atoms with Crippen LogP contribution in [0.4, 0.5) is 4.39 Å². The Kier molecular flexibility index (Phi) is 5.79. The largest absolute Gasteiger partial charge is 0.481 e. The van der Waals surface area contributed by atoms with Gasteiger partial charge in [-0.15, -0.1) is 0 Å². The van der Waals surface area contributed by atoms with E-state index in [0.717, 1.165) is 9.54 Å². The van der Waals surface area contributed by atoms with E-state index in [1.165, 1.54) is 24.4 Å². The Morgan fingerprint density at radius 2 is 1.88 bits per heavy atom. The molecule has 5 nitrogen and oxygen atoms in total. The van der Waals surface area contributed by atoms with Crippen molar-refractivity contribution in [2.45, 2.75) is 24.7 Å². The van der Waals surface area contributed by atoms with Crippen LogP contribution in [-0.4, -0.2) is 23.5 Å². The quantitative estimate of drug-likeness (QED) is 0.393. The lowest BCUT2D eigenvalue weighted by atomic mass is 10.0. The summed E-state index contributed by atoms with van der Waals surface area (Å²) in [6.07, 6.45) is 1.49. The fourth-order valence-electron chi connectivity index (χ4n) is 3.77. The molecule has 0 spiro atoms. The first-order valence-electron chi connectivity index (χ1n) is 9.80. The van der Waals surface area contributed by atoms with Gasteiger partial charge in [0.1, 0.15) is 5.82 Å². The van der Waals surface area contributed by atoms with Gasteiger partial charge in [-0.3, -0.25) is 4.79 Å². The van der Waals surface area contributed by atoms with Crippen LogP contribution in [0.25, 0.3) is 22.0 Å². The molecule has 164 valence electrons. The molecule has 0 fully saturated rings. The van der Waals surface area contributed by atoms with E-state index < -0.39 is 16.0 Å². The van der Waals surface area contributed by atoms with E-state index in [4.69, 9.17) is 16.7 Å². The van der Waals surface area contributed by atoms with Crippen LogP contribution in [0.1, 0.15) is 17.5 Å². The maximum Gasteiger partial charge on any atom is 0.303 e. The van der Waals surface area contributed by atoms with Crippen molar-refractivity contribution < 1.29 is 22.7 Å². The van der Waals surface area contributed by atoms with Crippen LogP contribution in [0.5, 0.6) is 0 Å². The summed E-state index contributed by atoms with van der Waals surface area (Å²) < 4.78 is 41.8. The number of aliphatic carboxylic acids is 1. The molecule has 0 aliphatic heterocycles. The number of carboxylic acids is 1. The van der Waals surface area contributed by atoms with Crippen LogP contribution in [0.3, 0.4) is 0 Å². The van der Waals surface area contributed by atoms with Crippen molar-refractivity contribution in [1.82, 2.24) is 3.97 Å². The molecule has 1 heterocycles. The van der Waals surface area contributed by atoms with Crippen molar-refractivity contribution in [3.8, 4) is 11.1 Å². The highest BCUT2D eigenvalue weighted by molar-refractivity contribution is 7.90. The SMILES string of the molecule is Cc1cc(F)ccc1-c1cccc(S(=O)(=O)n2cc(CCC(=O)O)c3cc(Cl)ccc32)c1. The van der Waals surface area contributed by atoms with Gasteiger partial charge in [-0.2, -0.15) is 0 Å². The van der Waals surface area contributed by atoms with E-state index in [1.54, 1.807) is 49.4 Å². The molecule has 0 saturated heterocycles. The smallest absolute Gasteiger partial charge is 0.303 e. The number of hydrogen-bond donors (Lipinski definition) is 1. The van der Waals surface area contributed by atoms with Crippen LogP contribution < -0.4 is 0 Å². The van der Waals surface area contributed by atoms with Gasteiger partial charge >= 0.3 is 5.97 Å². The summed E-state index contributed by atoms with van der Waals surface area (Å²) >= 11 is 6.11. The topological polar surface area (TPSA) is 76.4 Å². The molecule has 0 radical (unpaired) electrons. The predicted octanol–water partition coefficient (Wildman–Crippen LogP) is 5.66. The Labute approximate surface area is 189 Å². The second kappa shape index (κ2) is 8.41. The summed E-state index contributed by atoms with van der Waals surface area (Å²) in [5, 5.41) is 10.1. The number of aromatic nitrogens is 1. The lowest BCUT2D eigenvalue weighted by Gasteiger charge is -2.11. The molecule has 0 unspecified atom stereocenters. The van der Waals surface area contributed by atoms with Gasteiger partial charge in [0.05, 0.1) is 10.4 Å². The minimum absolute atomic E-state index is 0.0651. The molecule has 0 aliphatic carbocycles. The zero-order valence-corrected chi connectivity index (χ0v) is 18.6. The standard InChI is InChI=1S/C24H19ClFNO4S/c1-15-11-19(26)7-8-21(15)16-3-2-4-20(12-16)32(30,31)27-14-17(5-10-24(28)29)22-13-18(25)6-9-23(22)27/h2-4,6-9,11-14H,5,10H2,1H3,(H,28,29). The van der Waals surface area contributed by atoms with Crippen molar-refractivity contribution in [2.75, 3.05) is 0 Å². The van der Waals surface area contributed by atoms with E-state index in [2.05, 4.69) is 0 Å². The number of halogens is 2. The Hall–Kier alpha value is -3.16. The number of nitrogens with zero attached hydrogens (tertiary/aromatic N) is 1. The number of benzene rings is 3. The van der Waals surface area contributed by atoms with Gasteiger partial charge in [-0.1, -0.05) is 29.8 Å². The second-order valence-corrected chi connectivity index (χ2v) is 9.75. The molecule has 32 heavy (non-hydrogen) atoms. The predicted molar refractivity (Wildman–Crippen MR) is 122 cm³/mol. The molecule has 0 saturated carbocycles. The molecular formula is C24H19ClFNO4S. The van der Waals surface area contributed by atoms with E-state index in [9.17, 15) is 17.6 Å². The molecule has 0 aliphatic rings. The monoisotopic (exact) mass is 471 g/mol. The molecule has 8 heteroatoms. The molecule has 4 rings (SSSR count). The number of carbonyl (C=O) groups is 1. The summed E-state index contributed by atoms with van der Waals surface area (Å²) in [4.78, 5) is 11.1. The molecule has 0 atom stereocenters. The van der Waals surface area contributed by atoms with Crippen LogP contribution in [0, 0.1) is 12.7 Å². The summed E-state index contributed by atoms with van der Waals surface area (Å²) in [7, 11) is -4.00. The minimum atomic E-state index is -4.00. The zero-order chi connectivity index (χ0) is 23.0. The Balaban J connectivity index is 1.84. The minimum Gasteiger partial charge on any atom is -0.481 e. The first-order chi connectivity index (χ1) is 15.2. The lowest BCUT2D eigenvalue weighted by molar-refractivity contribution is -0.136. The number of carboxylic acid groups (broad SMARTS) is 1. The Morgan fingerprint density at radius 3 is 2.59 bits per heavy atom. The van der Waals surface area contributed by atoms with Crippen molar-refractivity contribution in [1.29, 1.82) is 0 Å². The molecule has 3 aromatic carbocycles. The van der Waals surface area contributed by atoms with Gasteiger partial charge < -0.3 is 5.11 Å². The fraction of sp³-hybridized carbons (Fsp3) is 0.125. The number of aryl methyl sites for hydroxylation is 2. The number of fused-ring (bicyclic) bond motifs is 1. The van der Waals surface area contributed by atoms with Crippen molar-refractivity contribution in [2.24, 2.45) is 0 Å². The Bertz CT molecular complexity index is 1460. The van der Waals surface area contributed by atoms with Crippen molar-refractivity contribution in [3.05, 3.63) is 88.8 Å².